The summed E-state index contributed by atoms with van der Waals surface area (Å²) in [6, 6.07) is 0.184. The second-order valence-electron chi connectivity index (χ2n) is 4.32. The number of rotatable bonds is 6. The van der Waals surface area contributed by atoms with Crippen LogP contribution in [0.15, 0.2) is 12.1 Å². The number of hydrogen-bond acceptors (Lipinski definition) is 3. The van der Waals surface area contributed by atoms with Gasteiger partial charge in [0, 0.05) is 0 Å². The van der Waals surface area contributed by atoms with Crippen LogP contribution < -0.4 is 10.6 Å². The number of carbonyl (C=O) groups is 2. The van der Waals surface area contributed by atoms with Gasteiger partial charge in [0.05, 0.1) is 0 Å². The minimum atomic E-state index is -1.20. The summed E-state index contributed by atoms with van der Waals surface area (Å²) >= 11 is 1.43. The van der Waals surface area contributed by atoms with Gasteiger partial charge in [0.25, 0.3) is 0 Å². The van der Waals surface area contributed by atoms with Gasteiger partial charge in [0.1, 0.15) is 17.5 Å². The van der Waals surface area contributed by atoms with Gasteiger partial charge in [-0.2, -0.15) is 11.8 Å². The zero-order valence-electron chi connectivity index (χ0n) is 11.6. The van der Waals surface area contributed by atoms with Crippen LogP contribution in [0.5, 0.6) is 0 Å². The maximum absolute atomic E-state index is 13.7. The molecule has 1 aromatic carbocycles. The van der Waals surface area contributed by atoms with Crippen molar-refractivity contribution in [2.75, 3.05) is 17.3 Å². The van der Waals surface area contributed by atoms with Crippen molar-refractivity contribution in [3.8, 4) is 0 Å². The number of carbonyl (C=O) groups excluding carboxylic acids is 1. The summed E-state index contributed by atoms with van der Waals surface area (Å²) in [5.74, 6) is -2.49. The number of aliphatic carboxylic acids is 1. The molecular weight excluding hydrogens is 302 g/mol. The summed E-state index contributed by atoms with van der Waals surface area (Å²) in [5.41, 5.74) is -0.426. The second kappa shape index (κ2) is 7.82. The van der Waals surface area contributed by atoms with Crippen LogP contribution in [-0.4, -0.2) is 35.2 Å². The fraction of sp³-hybridized carbons (Fsp3) is 0.385. The lowest BCUT2D eigenvalue weighted by atomic mass is 10.2. The van der Waals surface area contributed by atoms with Crippen molar-refractivity contribution >= 4 is 29.4 Å². The zero-order chi connectivity index (χ0) is 16.0. The Morgan fingerprint density at radius 1 is 1.38 bits per heavy atom. The van der Waals surface area contributed by atoms with Crippen LogP contribution in [0.2, 0.25) is 0 Å². The maximum atomic E-state index is 13.7. The number of carboxylic acid groups (broad SMARTS) is 1. The highest BCUT2D eigenvalue weighted by molar-refractivity contribution is 7.98. The molecule has 0 fully saturated rings. The first-order chi connectivity index (χ1) is 9.86. The first-order valence-corrected chi connectivity index (χ1v) is 7.50. The Morgan fingerprint density at radius 3 is 2.62 bits per heavy atom. The smallest absolute Gasteiger partial charge is 0.326 e. The lowest BCUT2D eigenvalue weighted by molar-refractivity contribution is -0.139. The molecule has 0 aliphatic rings. The number of anilines is 1. The number of nitrogens with one attached hydrogen (secondary N) is 2. The van der Waals surface area contributed by atoms with Gasteiger partial charge in [-0.3, -0.25) is 0 Å². The molecule has 1 aromatic rings. The normalized spacial score (nSPS) is 11.8. The summed E-state index contributed by atoms with van der Waals surface area (Å²) in [6.45, 7) is 1.43. The average molecular weight is 318 g/mol. The van der Waals surface area contributed by atoms with Crippen LogP contribution >= 0.6 is 11.8 Å². The molecule has 21 heavy (non-hydrogen) atoms. The molecule has 0 aromatic heterocycles. The van der Waals surface area contributed by atoms with Gasteiger partial charge >= 0.3 is 12.0 Å². The predicted molar refractivity (Wildman–Crippen MR) is 77.7 cm³/mol. The van der Waals surface area contributed by atoms with Crippen molar-refractivity contribution in [3.05, 3.63) is 29.3 Å². The number of halogens is 2. The summed E-state index contributed by atoms with van der Waals surface area (Å²) in [7, 11) is 0. The third-order valence-electron chi connectivity index (χ3n) is 2.74. The molecule has 5 nitrogen and oxygen atoms in total. The number of hydrogen-bond donors (Lipinski definition) is 3. The van der Waals surface area contributed by atoms with E-state index in [-0.39, 0.29) is 12.0 Å². The Balaban J connectivity index is 2.77. The van der Waals surface area contributed by atoms with E-state index in [0.29, 0.717) is 5.75 Å². The van der Waals surface area contributed by atoms with E-state index in [0.717, 1.165) is 6.07 Å². The zero-order valence-corrected chi connectivity index (χ0v) is 12.4. The Labute approximate surface area is 125 Å². The lowest BCUT2D eigenvalue weighted by Crippen LogP contribution is -2.43. The minimum absolute atomic E-state index is 0.170. The van der Waals surface area contributed by atoms with Gasteiger partial charge in [0.2, 0.25) is 0 Å². The van der Waals surface area contributed by atoms with Crippen molar-refractivity contribution in [3.63, 3.8) is 0 Å². The van der Waals surface area contributed by atoms with E-state index in [9.17, 15) is 18.4 Å². The monoisotopic (exact) mass is 318 g/mol. The average Bonchev–Trinajstić information content (AvgIpc) is 2.43. The molecule has 0 saturated heterocycles. The van der Waals surface area contributed by atoms with E-state index in [4.69, 9.17) is 5.11 Å². The Bertz CT molecular complexity index is 540. The number of thioether (sulfide) groups is 1. The van der Waals surface area contributed by atoms with Crippen LogP contribution in [0.4, 0.5) is 19.3 Å². The third-order valence-corrected chi connectivity index (χ3v) is 3.38. The van der Waals surface area contributed by atoms with E-state index in [1.54, 1.807) is 6.26 Å². The van der Waals surface area contributed by atoms with Crippen LogP contribution in [-0.2, 0) is 4.79 Å². The van der Waals surface area contributed by atoms with Crippen molar-refractivity contribution in [2.45, 2.75) is 19.4 Å². The first-order valence-electron chi connectivity index (χ1n) is 6.10. The maximum Gasteiger partial charge on any atom is 0.326 e. The van der Waals surface area contributed by atoms with Crippen LogP contribution in [0, 0.1) is 18.6 Å². The van der Waals surface area contributed by atoms with Crippen LogP contribution in [0.25, 0.3) is 0 Å². The molecule has 0 saturated carbocycles. The highest BCUT2D eigenvalue weighted by atomic mass is 32.2. The van der Waals surface area contributed by atoms with Gasteiger partial charge < -0.3 is 15.7 Å². The van der Waals surface area contributed by atoms with Crippen molar-refractivity contribution in [1.29, 1.82) is 0 Å². The van der Waals surface area contributed by atoms with E-state index >= 15 is 0 Å². The molecule has 0 bridgehead atoms. The summed E-state index contributed by atoms with van der Waals surface area (Å²) in [4.78, 5) is 22.7. The number of amides is 2. The number of aryl methyl sites for hydroxylation is 1. The fourth-order valence-corrected chi connectivity index (χ4v) is 2.04. The quantitative estimate of drug-likeness (QED) is 0.753. The standard InChI is InChI=1S/C13H16F2N2O3S/c1-7-3-4-8(14)11(10(7)15)17-13(20)16-9(12(18)19)5-6-21-2/h3-4,9H,5-6H2,1-2H3,(H,18,19)(H2,16,17,20)/t9-/m0/s1. The largest absolute Gasteiger partial charge is 0.480 e. The molecule has 1 atom stereocenters. The third kappa shape index (κ3) is 4.89. The first kappa shape index (κ1) is 17.2. The SMILES string of the molecule is CSCC[C@H](NC(=O)Nc1c(F)ccc(C)c1F)C(=O)O. The van der Waals surface area contributed by atoms with E-state index in [1.807, 2.05) is 5.32 Å². The highest BCUT2D eigenvalue weighted by Gasteiger charge is 2.21. The molecular formula is C13H16F2N2O3S. The van der Waals surface area contributed by atoms with Crippen molar-refractivity contribution < 1.29 is 23.5 Å². The van der Waals surface area contributed by atoms with Gasteiger partial charge in [-0.1, -0.05) is 6.07 Å². The van der Waals surface area contributed by atoms with Gasteiger partial charge in [-0.15, -0.1) is 0 Å². The molecule has 0 spiro atoms. The highest BCUT2D eigenvalue weighted by Crippen LogP contribution is 2.21. The summed E-state index contributed by atoms with van der Waals surface area (Å²) in [6.07, 6.45) is 2.01. The Hall–Kier alpha value is -1.83. The van der Waals surface area contributed by atoms with E-state index in [2.05, 4.69) is 5.32 Å². The molecule has 1 rings (SSSR count). The van der Waals surface area contributed by atoms with Crippen molar-refractivity contribution in [1.82, 2.24) is 5.32 Å². The number of benzene rings is 1. The van der Waals surface area contributed by atoms with Gasteiger partial charge in [-0.05, 0) is 37.0 Å². The second-order valence-corrected chi connectivity index (χ2v) is 5.31. The molecule has 0 aliphatic carbocycles. The molecule has 2 amide bonds. The summed E-state index contributed by atoms with van der Waals surface area (Å²) in [5, 5.41) is 13.2. The van der Waals surface area contributed by atoms with Crippen LogP contribution in [0.3, 0.4) is 0 Å². The molecule has 0 heterocycles. The van der Waals surface area contributed by atoms with E-state index in [1.165, 1.54) is 24.8 Å². The molecule has 8 heteroatoms. The van der Waals surface area contributed by atoms with Gasteiger partial charge in [-0.25, -0.2) is 18.4 Å². The fourth-order valence-electron chi connectivity index (χ4n) is 1.57. The number of urea groups is 1. The predicted octanol–water partition coefficient (Wildman–Crippen LogP) is 2.60. The molecule has 0 unspecified atom stereocenters. The van der Waals surface area contributed by atoms with Crippen LogP contribution in [0.1, 0.15) is 12.0 Å². The Morgan fingerprint density at radius 2 is 2.05 bits per heavy atom. The summed E-state index contributed by atoms with van der Waals surface area (Å²) < 4.78 is 27.2. The minimum Gasteiger partial charge on any atom is -0.480 e. The molecule has 0 radical (unpaired) electrons. The molecule has 3 N–H and O–H groups in total. The topological polar surface area (TPSA) is 78.4 Å². The number of carboxylic acids is 1. The lowest BCUT2D eigenvalue weighted by Gasteiger charge is -2.15. The molecule has 116 valence electrons. The van der Waals surface area contributed by atoms with Gasteiger partial charge in [0.15, 0.2) is 5.82 Å². The van der Waals surface area contributed by atoms with E-state index < -0.39 is 35.4 Å². The Kier molecular flexibility index (Phi) is 6.41. The molecule has 0 aliphatic heterocycles. The van der Waals surface area contributed by atoms with Crippen molar-refractivity contribution in [2.24, 2.45) is 0 Å².